The van der Waals surface area contributed by atoms with Crippen molar-refractivity contribution in [1.82, 2.24) is 0 Å². The Labute approximate surface area is 136 Å². The maximum atomic E-state index is 10.6. The van der Waals surface area contributed by atoms with Crippen LogP contribution in [0.25, 0.3) is 6.08 Å². The van der Waals surface area contributed by atoms with Crippen LogP contribution in [0, 0.1) is 0 Å². The van der Waals surface area contributed by atoms with Crippen LogP contribution in [0.1, 0.15) is 22.8 Å². The Hall–Kier alpha value is -2.75. The molecule has 120 valence electrons. The van der Waals surface area contributed by atoms with Crippen molar-refractivity contribution in [1.29, 1.82) is 0 Å². The van der Waals surface area contributed by atoms with Crippen LogP contribution < -0.4 is 14.2 Å². The number of hydrogen-bond donors (Lipinski definition) is 0. The van der Waals surface area contributed by atoms with Crippen LogP contribution in [0.2, 0.25) is 0 Å². The molecule has 2 rings (SSSR count). The number of rotatable bonds is 8. The molecular formula is C19H20O4. The maximum absolute atomic E-state index is 10.6. The van der Waals surface area contributed by atoms with E-state index in [4.69, 9.17) is 14.2 Å². The van der Waals surface area contributed by atoms with Crippen LogP contribution in [0.15, 0.2) is 48.5 Å². The highest BCUT2D eigenvalue weighted by molar-refractivity contribution is 5.74. The van der Waals surface area contributed by atoms with E-state index in [-0.39, 0.29) is 0 Å². The van der Waals surface area contributed by atoms with E-state index in [1.54, 1.807) is 31.4 Å². The average Bonchev–Trinajstić information content (AvgIpc) is 2.60. The lowest BCUT2D eigenvalue weighted by atomic mass is 10.2. The van der Waals surface area contributed by atoms with Crippen molar-refractivity contribution < 1.29 is 19.0 Å². The van der Waals surface area contributed by atoms with Gasteiger partial charge in [0.2, 0.25) is 0 Å². The molecule has 0 bridgehead atoms. The Morgan fingerprint density at radius 2 is 1.61 bits per heavy atom. The molecule has 0 aliphatic carbocycles. The molecule has 0 fully saturated rings. The minimum absolute atomic E-state index is 0.398. The first-order chi connectivity index (χ1) is 11.3. The summed E-state index contributed by atoms with van der Waals surface area (Å²) in [6.45, 7) is 2.77. The van der Waals surface area contributed by atoms with Gasteiger partial charge in [0.05, 0.1) is 7.11 Å². The molecule has 0 atom stereocenters. The van der Waals surface area contributed by atoms with Gasteiger partial charge in [-0.1, -0.05) is 18.2 Å². The molecule has 0 aliphatic rings. The van der Waals surface area contributed by atoms with Gasteiger partial charge in [0.15, 0.2) is 11.5 Å². The van der Waals surface area contributed by atoms with E-state index in [0.717, 1.165) is 11.8 Å². The summed E-state index contributed by atoms with van der Waals surface area (Å²) >= 11 is 0. The fourth-order valence-electron chi connectivity index (χ4n) is 2.05. The van der Waals surface area contributed by atoms with E-state index < -0.39 is 0 Å². The van der Waals surface area contributed by atoms with Crippen molar-refractivity contribution in [2.24, 2.45) is 0 Å². The van der Waals surface area contributed by atoms with Crippen LogP contribution in [0.5, 0.6) is 17.2 Å². The lowest BCUT2D eigenvalue weighted by Crippen LogP contribution is -2.09. The smallest absolute Gasteiger partial charge is 0.161 e. The fraction of sp³-hybridized carbons (Fsp3) is 0.211. The first kappa shape index (κ1) is 16.6. The maximum Gasteiger partial charge on any atom is 0.161 e. The zero-order chi connectivity index (χ0) is 16.5. The van der Waals surface area contributed by atoms with Crippen LogP contribution in [-0.2, 0) is 0 Å². The van der Waals surface area contributed by atoms with Crippen LogP contribution >= 0.6 is 0 Å². The number of aldehydes is 1. The molecule has 0 aromatic heterocycles. The zero-order valence-electron chi connectivity index (χ0n) is 13.3. The number of benzene rings is 2. The second-order valence-electron chi connectivity index (χ2n) is 4.79. The van der Waals surface area contributed by atoms with Crippen molar-refractivity contribution in [2.75, 3.05) is 20.3 Å². The van der Waals surface area contributed by atoms with Gasteiger partial charge in [-0.15, -0.1) is 0 Å². The Bertz CT molecular complexity index is 660. The summed E-state index contributed by atoms with van der Waals surface area (Å²) in [5.74, 6) is 2.08. The Morgan fingerprint density at radius 3 is 2.26 bits per heavy atom. The molecule has 0 unspecified atom stereocenters. The number of hydrogen-bond acceptors (Lipinski definition) is 4. The van der Waals surface area contributed by atoms with E-state index >= 15 is 0 Å². The van der Waals surface area contributed by atoms with E-state index in [9.17, 15) is 4.79 Å². The van der Waals surface area contributed by atoms with Gasteiger partial charge in [-0.2, -0.15) is 0 Å². The first-order valence-electron chi connectivity index (χ1n) is 7.38. The minimum Gasteiger partial charge on any atom is -0.493 e. The molecule has 0 radical (unpaired) electrons. The topological polar surface area (TPSA) is 44.8 Å². The second-order valence-corrected chi connectivity index (χ2v) is 4.79. The third-order valence-corrected chi connectivity index (χ3v) is 3.17. The third-order valence-electron chi connectivity index (χ3n) is 3.17. The largest absolute Gasteiger partial charge is 0.493 e. The summed E-state index contributed by atoms with van der Waals surface area (Å²) in [4.78, 5) is 10.6. The van der Waals surface area contributed by atoms with Gasteiger partial charge in [0, 0.05) is 5.56 Å². The SMILES string of the molecule is C/C=C/c1ccc(OCCOc2ccc(C=O)cc2)c(OC)c1. The molecule has 23 heavy (non-hydrogen) atoms. The molecule has 0 saturated heterocycles. The number of methoxy groups -OCH3 is 1. The van der Waals surface area contributed by atoms with Crippen molar-refractivity contribution in [3.63, 3.8) is 0 Å². The molecule has 0 heterocycles. The molecule has 0 spiro atoms. The summed E-state index contributed by atoms with van der Waals surface area (Å²) in [5, 5.41) is 0. The number of ether oxygens (including phenoxy) is 3. The molecule has 0 saturated carbocycles. The summed E-state index contributed by atoms with van der Waals surface area (Å²) in [6, 6.07) is 12.7. The van der Waals surface area contributed by atoms with E-state index in [1.165, 1.54) is 0 Å². The Morgan fingerprint density at radius 1 is 0.913 bits per heavy atom. The number of carbonyl (C=O) groups excluding carboxylic acids is 1. The lowest BCUT2D eigenvalue weighted by Gasteiger charge is -2.12. The molecular weight excluding hydrogens is 292 g/mol. The third kappa shape index (κ3) is 4.88. The second kappa shape index (κ2) is 8.63. The molecule has 0 N–H and O–H groups in total. The minimum atomic E-state index is 0.398. The summed E-state index contributed by atoms with van der Waals surface area (Å²) < 4.78 is 16.6. The van der Waals surface area contributed by atoms with Gasteiger partial charge in [-0.3, -0.25) is 4.79 Å². The highest BCUT2D eigenvalue weighted by atomic mass is 16.5. The van der Waals surface area contributed by atoms with E-state index in [0.29, 0.717) is 36.0 Å². The van der Waals surface area contributed by atoms with Crippen LogP contribution in [-0.4, -0.2) is 26.6 Å². The summed E-state index contributed by atoms with van der Waals surface area (Å²) in [7, 11) is 1.62. The average molecular weight is 312 g/mol. The van der Waals surface area contributed by atoms with Gasteiger partial charge in [-0.25, -0.2) is 0 Å². The van der Waals surface area contributed by atoms with Crippen molar-refractivity contribution in [2.45, 2.75) is 6.92 Å². The molecule has 0 amide bonds. The zero-order valence-corrected chi connectivity index (χ0v) is 13.3. The molecule has 0 aliphatic heterocycles. The van der Waals surface area contributed by atoms with Crippen molar-refractivity contribution >= 4 is 12.4 Å². The lowest BCUT2D eigenvalue weighted by molar-refractivity contribution is 0.112. The quantitative estimate of drug-likeness (QED) is 0.546. The van der Waals surface area contributed by atoms with Crippen molar-refractivity contribution in [3.8, 4) is 17.2 Å². The first-order valence-corrected chi connectivity index (χ1v) is 7.38. The standard InChI is InChI=1S/C19H20O4/c1-3-4-15-7-10-18(19(13-15)21-2)23-12-11-22-17-8-5-16(14-20)6-9-17/h3-10,13-14H,11-12H2,1-2H3/b4-3+. The van der Waals surface area contributed by atoms with Gasteiger partial charge < -0.3 is 14.2 Å². The predicted molar refractivity (Wildman–Crippen MR) is 90.5 cm³/mol. The van der Waals surface area contributed by atoms with Crippen LogP contribution in [0.4, 0.5) is 0 Å². The molecule has 2 aromatic rings. The van der Waals surface area contributed by atoms with Crippen molar-refractivity contribution in [3.05, 3.63) is 59.7 Å². The van der Waals surface area contributed by atoms with E-state index in [1.807, 2.05) is 37.3 Å². The van der Waals surface area contributed by atoms with Gasteiger partial charge in [0.25, 0.3) is 0 Å². The molecule has 4 nitrogen and oxygen atoms in total. The monoisotopic (exact) mass is 312 g/mol. The highest BCUT2D eigenvalue weighted by Crippen LogP contribution is 2.28. The van der Waals surface area contributed by atoms with Gasteiger partial charge in [0.1, 0.15) is 25.2 Å². The van der Waals surface area contributed by atoms with Gasteiger partial charge in [-0.05, 0) is 48.9 Å². The Kier molecular flexibility index (Phi) is 6.24. The van der Waals surface area contributed by atoms with Gasteiger partial charge >= 0.3 is 0 Å². The fourth-order valence-corrected chi connectivity index (χ4v) is 2.05. The van der Waals surface area contributed by atoms with Crippen LogP contribution in [0.3, 0.4) is 0 Å². The molecule has 2 aromatic carbocycles. The predicted octanol–water partition coefficient (Wildman–Crippen LogP) is 4.00. The number of carbonyl (C=O) groups is 1. The Balaban J connectivity index is 1.86. The number of allylic oxidation sites excluding steroid dienone is 1. The van der Waals surface area contributed by atoms with E-state index in [2.05, 4.69) is 0 Å². The molecule has 4 heteroatoms. The normalized spacial score (nSPS) is 10.5. The summed E-state index contributed by atoms with van der Waals surface area (Å²) in [5.41, 5.74) is 1.68. The summed E-state index contributed by atoms with van der Waals surface area (Å²) in [6.07, 6.45) is 4.77. The highest BCUT2D eigenvalue weighted by Gasteiger charge is 2.05.